The Balaban J connectivity index is 2.43. The highest BCUT2D eigenvalue weighted by atomic mass is 16.3. The first-order valence-corrected chi connectivity index (χ1v) is 5.90. The maximum atomic E-state index is 12.2. The average molecular weight is 261 g/mol. The van der Waals surface area contributed by atoms with E-state index in [1.807, 2.05) is 0 Å². The minimum Gasteiger partial charge on any atom is -0.392 e. The molecule has 0 saturated heterocycles. The van der Waals surface area contributed by atoms with E-state index in [-0.39, 0.29) is 12.1 Å². The molecule has 100 valence electrons. The quantitative estimate of drug-likeness (QED) is 0.853. The van der Waals surface area contributed by atoms with E-state index in [4.69, 9.17) is 0 Å². The van der Waals surface area contributed by atoms with Crippen molar-refractivity contribution in [3.8, 4) is 0 Å². The molecule has 0 saturated carbocycles. The van der Waals surface area contributed by atoms with E-state index in [0.717, 1.165) is 0 Å². The molecule has 2 aromatic heterocycles. The fraction of sp³-hybridized carbons (Fsp3) is 0.308. The molecule has 0 bridgehead atoms. The van der Waals surface area contributed by atoms with Crippen LogP contribution in [0.15, 0.2) is 35.4 Å². The van der Waals surface area contributed by atoms with Gasteiger partial charge in [0.15, 0.2) is 0 Å². The zero-order valence-corrected chi connectivity index (χ0v) is 10.8. The van der Waals surface area contributed by atoms with E-state index in [0.29, 0.717) is 5.65 Å². The lowest BCUT2D eigenvalue weighted by Crippen LogP contribution is -2.37. The minimum absolute atomic E-state index is 0.00755. The SMILES string of the molecule is CC(O)CN(C)C(=O)c1cnc2ccccn2c1=O. The number of carbonyl (C=O) groups excluding carboxylic acids is 1. The third kappa shape index (κ3) is 2.63. The first-order chi connectivity index (χ1) is 9.00. The molecular weight excluding hydrogens is 246 g/mol. The second kappa shape index (κ2) is 5.19. The zero-order valence-electron chi connectivity index (χ0n) is 10.8. The monoisotopic (exact) mass is 261 g/mol. The summed E-state index contributed by atoms with van der Waals surface area (Å²) in [4.78, 5) is 29.7. The van der Waals surface area contributed by atoms with Crippen LogP contribution >= 0.6 is 0 Å². The van der Waals surface area contributed by atoms with Crippen LogP contribution < -0.4 is 5.56 Å². The van der Waals surface area contributed by atoms with Crippen molar-refractivity contribution in [2.45, 2.75) is 13.0 Å². The summed E-state index contributed by atoms with van der Waals surface area (Å²) in [6, 6.07) is 5.15. The Morgan fingerprint density at radius 1 is 1.53 bits per heavy atom. The summed E-state index contributed by atoms with van der Waals surface area (Å²) in [5, 5.41) is 9.27. The molecule has 0 fully saturated rings. The number of aliphatic hydroxyl groups is 1. The molecule has 1 atom stereocenters. The highest BCUT2D eigenvalue weighted by Crippen LogP contribution is 2.01. The fourth-order valence-electron chi connectivity index (χ4n) is 1.86. The molecular formula is C13H15N3O3. The number of hydrogen-bond donors (Lipinski definition) is 1. The number of aromatic nitrogens is 2. The van der Waals surface area contributed by atoms with Crippen LogP contribution in [0.2, 0.25) is 0 Å². The third-order valence-electron chi connectivity index (χ3n) is 2.73. The largest absolute Gasteiger partial charge is 0.392 e. The highest BCUT2D eigenvalue weighted by Gasteiger charge is 2.18. The molecule has 0 spiro atoms. The van der Waals surface area contributed by atoms with Gasteiger partial charge in [-0.1, -0.05) is 6.07 Å². The summed E-state index contributed by atoms with van der Waals surface area (Å²) < 4.78 is 1.32. The summed E-state index contributed by atoms with van der Waals surface area (Å²) in [5.74, 6) is -0.448. The Hall–Kier alpha value is -2.21. The van der Waals surface area contributed by atoms with Crippen LogP contribution in [-0.4, -0.2) is 45.0 Å². The van der Waals surface area contributed by atoms with Crippen molar-refractivity contribution >= 4 is 11.6 Å². The standard InChI is InChI=1S/C13H15N3O3/c1-9(17)8-15(2)12(18)10-7-14-11-5-3-4-6-16(11)13(10)19/h3-7,9,17H,8H2,1-2H3. The van der Waals surface area contributed by atoms with Crippen molar-refractivity contribution in [2.24, 2.45) is 0 Å². The van der Waals surface area contributed by atoms with Crippen molar-refractivity contribution in [1.29, 1.82) is 0 Å². The Morgan fingerprint density at radius 2 is 2.26 bits per heavy atom. The smallest absolute Gasteiger partial charge is 0.270 e. The second-order valence-corrected chi connectivity index (χ2v) is 4.44. The number of carbonyl (C=O) groups is 1. The topological polar surface area (TPSA) is 74.9 Å². The van der Waals surface area contributed by atoms with E-state index in [1.165, 1.54) is 22.5 Å². The van der Waals surface area contributed by atoms with Crippen molar-refractivity contribution in [2.75, 3.05) is 13.6 Å². The van der Waals surface area contributed by atoms with Crippen LogP contribution in [0.25, 0.3) is 5.65 Å². The number of likely N-dealkylation sites (N-methyl/N-ethyl adjacent to an activating group) is 1. The number of fused-ring (bicyclic) bond motifs is 1. The molecule has 0 aliphatic carbocycles. The van der Waals surface area contributed by atoms with Crippen LogP contribution in [0.5, 0.6) is 0 Å². The van der Waals surface area contributed by atoms with Gasteiger partial charge in [-0.15, -0.1) is 0 Å². The average Bonchev–Trinajstić information content (AvgIpc) is 2.38. The van der Waals surface area contributed by atoms with Crippen LogP contribution in [0.4, 0.5) is 0 Å². The molecule has 0 radical (unpaired) electrons. The Labute approximate surface area is 109 Å². The Kier molecular flexibility index (Phi) is 3.62. The molecule has 2 rings (SSSR count). The Bertz CT molecular complexity index is 663. The van der Waals surface area contributed by atoms with Gasteiger partial charge in [-0.2, -0.15) is 0 Å². The fourth-order valence-corrected chi connectivity index (χ4v) is 1.86. The Morgan fingerprint density at radius 3 is 2.95 bits per heavy atom. The molecule has 1 N–H and O–H groups in total. The number of hydrogen-bond acceptors (Lipinski definition) is 4. The first kappa shape index (κ1) is 13.2. The van der Waals surface area contributed by atoms with Gasteiger partial charge < -0.3 is 10.0 Å². The highest BCUT2D eigenvalue weighted by molar-refractivity contribution is 5.93. The molecule has 1 unspecified atom stereocenters. The normalized spacial score (nSPS) is 12.4. The number of amides is 1. The molecule has 1 amide bonds. The molecule has 6 heteroatoms. The lowest BCUT2D eigenvalue weighted by Gasteiger charge is -2.18. The number of rotatable bonds is 3. The predicted molar refractivity (Wildman–Crippen MR) is 70.1 cm³/mol. The third-order valence-corrected chi connectivity index (χ3v) is 2.73. The van der Waals surface area contributed by atoms with Gasteiger partial charge in [0.2, 0.25) is 0 Å². The van der Waals surface area contributed by atoms with Gasteiger partial charge in [0.05, 0.1) is 6.10 Å². The summed E-state index contributed by atoms with van der Waals surface area (Å²) >= 11 is 0. The van der Waals surface area contributed by atoms with E-state index in [9.17, 15) is 14.7 Å². The molecule has 0 aliphatic rings. The minimum atomic E-state index is -0.648. The lowest BCUT2D eigenvalue weighted by atomic mass is 10.2. The maximum Gasteiger partial charge on any atom is 0.270 e. The lowest BCUT2D eigenvalue weighted by molar-refractivity contribution is 0.0701. The maximum absolute atomic E-state index is 12.2. The molecule has 0 aromatic carbocycles. The van der Waals surface area contributed by atoms with Gasteiger partial charge in [0.1, 0.15) is 11.2 Å². The van der Waals surface area contributed by atoms with E-state index in [2.05, 4.69) is 4.98 Å². The summed E-state index contributed by atoms with van der Waals surface area (Å²) in [7, 11) is 1.54. The molecule has 6 nitrogen and oxygen atoms in total. The summed E-state index contributed by atoms with van der Waals surface area (Å²) in [5.41, 5.74) is 0.0714. The van der Waals surface area contributed by atoms with Gasteiger partial charge in [-0.3, -0.25) is 14.0 Å². The van der Waals surface area contributed by atoms with Crippen LogP contribution in [0.1, 0.15) is 17.3 Å². The van der Waals surface area contributed by atoms with Gasteiger partial charge in [0, 0.05) is 26.0 Å². The van der Waals surface area contributed by atoms with Crippen molar-refractivity contribution < 1.29 is 9.90 Å². The first-order valence-electron chi connectivity index (χ1n) is 5.90. The molecule has 2 heterocycles. The van der Waals surface area contributed by atoms with Crippen LogP contribution in [0.3, 0.4) is 0 Å². The van der Waals surface area contributed by atoms with E-state index in [1.54, 1.807) is 31.3 Å². The van der Waals surface area contributed by atoms with E-state index < -0.39 is 17.6 Å². The number of pyridine rings is 1. The molecule has 19 heavy (non-hydrogen) atoms. The van der Waals surface area contributed by atoms with E-state index >= 15 is 0 Å². The molecule has 0 aliphatic heterocycles. The van der Waals surface area contributed by atoms with Gasteiger partial charge in [-0.25, -0.2) is 4.98 Å². The summed E-state index contributed by atoms with van der Waals surface area (Å²) in [6.45, 7) is 1.74. The number of aliphatic hydroxyl groups excluding tert-OH is 1. The van der Waals surface area contributed by atoms with Crippen molar-refractivity contribution in [3.05, 3.63) is 46.5 Å². The van der Waals surface area contributed by atoms with Crippen molar-refractivity contribution in [1.82, 2.24) is 14.3 Å². The van der Waals surface area contributed by atoms with Gasteiger partial charge in [-0.05, 0) is 19.1 Å². The second-order valence-electron chi connectivity index (χ2n) is 4.44. The van der Waals surface area contributed by atoms with Gasteiger partial charge in [0.25, 0.3) is 11.5 Å². The summed E-state index contributed by atoms with van der Waals surface area (Å²) in [6.07, 6.45) is 2.19. The van der Waals surface area contributed by atoms with Crippen LogP contribution in [0, 0.1) is 0 Å². The number of nitrogens with zero attached hydrogens (tertiary/aromatic N) is 3. The predicted octanol–water partition coefficient (Wildman–Crippen LogP) is 0.147. The van der Waals surface area contributed by atoms with Crippen molar-refractivity contribution in [3.63, 3.8) is 0 Å². The zero-order chi connectivity index (χ0) is 14.0. The molecule has 2 aromatic rings. The van der Waals surface area contributed by atoms with Crippen LogP contribution in [-0.2, 0) is 0 Å². The van der Waals surface area contributed by atoms with Gasteiger partial charge >= 0.3 is 0 Å².